The Morgan fingerprint density at radius 3 is 2.75 bits per heavy atom. The van der Waals surface area contributed by atoms with Gasteiger partial charge in [-0.25, -0.2) is 0 Å². The van der Waals surface area contributed by atoms with Crippen LogP contribution in [0.1, 0.15) is 45.4 Å². The van der Waals surface area contributed by atoms with E-state index in [1.165, 1.54) is 28.2 Å². The SMILES string of the molecule is C=C(C)C[C@]12[C@@H]3CCC(=O)[C@H]1CC=C(Sc1ccccc1)[C@@H]2CC3. The predicted octanol–water partition coefficient (Wildman–Crippen LogP) is 6.02. The van der Waals surface area contributed by atoms with Crippen molar-refractivity contribution in [1.82, 2.24) is 0 Å². The molecule has 126 valence electrons. The number of rotatable bonds is 4. The summed E-state index contributed by atoms with van der Waals surface area (Å²) in [5, 5.41) is 0. The van der Waals surface area contributed by atoms with Gasteiger partial charge in [-0.1, -0.05) is 41.6 Å². The molecule has 0 heterocycles. The van der Waals surface area contributed by atoms with Crippen LogP contribution in [-0.2, 0) is 4.79 Å². The molecule has 3 aliphatic rings. The Morgan fingerprint density at radius 1 is 1.21 bits per heavy atom. The number of hydrogen-bond acceptors (Lipinski definition) is 2. The van der Waals surface area contributed by atoms with E-state index >= 15 is 0 Å². The smallest absolute Gasteiger partial charge is 0.136 e. The highest BCUT2D eigenvalue weighted by Gasteiger charge is 2.60. The number of Topliss-reactive ketones (excluding diaryl/α,β-unsaturated/α-hetero) is 1. The van der Waals surface area contributed by atoms with E-state index in [4.69, 9.17) is 0 Å². The maximum absolute atomic E-state index is 12.7. The van der Waals surface area contributed by atoms with Gasteiger partial charge in [0.05, 0.1) is 0 Å². The third-order valence-electron chi connectivity index (χ3n) is 6.47. The zero-order chi connectivity index (χ0) is 16.7. The van der Waals surface area contributed by atoms with Crippen LogP contribution in [0.4, 0.5) is 0 Å². The van der Waals surface area contributed by atoms with Gasteiger partial charge in [0.25, 0.3) is 0 Å². The molecule has 0 N–H and O–H groups in total. The minimum absolute atomic E-state index is 0.160. The first kappa shape index (κ1) is 16.2. The first-order chi connectivity index (χ1) is 11.6. The van der Waals surface area contributed by atoms with Crippen molar-refractivity contribution < 1.29 is 4.79 Å². The zero-order valence-corrected chi connectivity index (χ0v) is 15.3. The number of thioether (sulfide) groups is 1. The number of ketones is 1. The molecule has 0 spiro atoms. The Bertz CT molecular complexity index is 689. The lowest BCUT2D eigenvalue weighted by Gasteiger charge is -2.51. The normalized spacial score (nSPS) is 34.6. The number of carbonyl (C=O) groups excluding carboxylic acids is 1. The van der Waals surface area contributed by atoms with Crippen LogP contribution < -0.4 is 0 Å². The van der Waals surface area contributed by atoms with Gasteiger partial charge in [-0.2, -0.15) is 0 Å². The summed E-state index contributed by atoms with van der Waals surface area (Å²) in [6.45, 7) is 6.37. The van der Waals surface area contributed by atoms with E-state index in [0.717, 1.165) is 25.7 Å². The number of benzene rings is 1. The molecule has 24 heavy (non-hydrogen) atoms. The molecule has 0 bridgehead atoms. The lowest BCUT2D eigenvalue weighted by molar-refractivity contribution is -0.135. The standard InChI is InChI=1S/C22H26OS/c1-15(2)14-22-16-8-10-19(22)21(24-17-6-4-3-5-7-17)13-11-18(22)20(23)12-9-16/h3-7,13,16,18-19H,1,8-12,14H2,2H3/t16-,18+,19-,22-/m0/s1. The Balaban J connectivity index is 1.72. The van der Waals surface area contributed by atoms with E-state index < -0.39 is 0 Å². The van der Waals surface area contributed by atoms with Crippen molar-refractivity contribution in [2.75, 3.05) is 0 Å². The van der Waals surface area contributed by atoms with Crippen LogP contribution in [0.2, 0.25) is 0 Å². The quantitative estimate of drug-likeness (QED) is 0.624. The maximum Gasteiger partial charge on any atom is 0.136 e. The predicted molar refractivity (Wildman–Crippen MR) is 101 cm³/mol. The Kier molecular flexibility index (Phi) is 4.20. The highest BCUT2D eigenvalue weighted by atomic mass is 32.2. The first-order valence-corrected chi connectivity index (χ1v) is 10.0. The average Bonchev–Trinajstić information content (AvgIpc) is 2.92. The van der Waals surface area contributed by atoms with Gasteiger partial charge in [-0.3, -0.25) is 4.79 Å². The third kappa shape index (κ3) is 2.50. The lowest BCUT2D eigenvalue weighted by atomic mass is 9.53. The molecule has 1 aromatic carbocycles. The van der Waals surface area contributed by atoms with Gasteiger partial charge in [-0.05, 0) is 73.3 Å². The molecule has 1 aromatic rings. The summed E-state index contributed by atoms with van der Waals surface area (Å²) in [7, 11) is 0. The number of hydrogen-bond donors (Lipinski definition) is 0. The molecule has 2 saturated carbocycles. The van der Waals surface area contributed by atoms with E-state index in [2.05, 4.69) is 49.9 Å². The Labute approximate surface area is 149 Å². The van der Waals surface area contributed by atoms with Crippen molar-refractivity contribution in [3.63, 3.8) is 0 Å². The van der Waals surface area contributed by atoms with E-state index in [0.29, 0.717) is 17.6 Å². The summed E-state index contributed by atoms with van der Waals surface area (Å²) in [6, 6.07) is 10.7. The van der Waals surface area contributed by atoms with Crippen molar-refractivity contribution in [3.05, 3.63) is 53.5 Å². The number of allylic oxidation sites excluding steroid dienone is 3. The van der Waals surface area contributed by atoms with Gasteiger partial charge in [0, 0.05) is 17.2 Å². The molecule has 0 saturated heterocycles. The first-order valence-electron chi connectivity index (χ1n) is 9.21. The van der Waals surface area contributed by atoms with E-state index in [1.807, 2.05) is 11.8 Å². The molecule has 1 nitrogen and oxygen atoms in total. The van der Waals surface area contributed by atoms with Crippen LogP contribution in [0.25, 0.3) is 0 Å². The lowest BCUT2D eigenvalue weighted by Crippen LogP contribution is -2.49. The van der Waals surface area contributed by atoms with Gasteiger partial charge in [0.2, 0.25) is 0 Å². The van der Waals surface area contributed by atoms with E-state index in [-0.39, 0.29) is 11.3 Å². The van der Waals surface area contributed by atoms with E-state index in [9.17, 15) is 4.79 Å². The topological polar surface area (TPSA) is 17.1 Å². The third-order valence-corrected chi connectivity index (χ3v) is 7.67. The molecule has 0 aromatic heterocycles. The minimum Gasteiger partial charge on any atom is -0.299 e. The van der Waals surface area contributed by atoms with Gasteiger partial charge in [-0.15, -0.1) is 6.58 Å². The molecule has 0 radical (unpaired) electrons. The fraction of sp³-hybridized carbons (Fsp3) is 0.500. The van der Waals surface area contributed by atoms with Crippen LogP contribution >= 0.6 is 11.8 Å². The van der Waals surface area contributed by atoms with Crippen LogP contribution in [0.3, 0.4) is 0 Å². The van der Waals surface area contributed by atoms with Crippen LogP contribution in [0.5, 0.6) is 0 Å². The summed E-state index contributed by atoms with van der Waals surface area (Å²) in [5.74, 6) is 2.01. The minimum atomic E-state index is 0.160. The van der Waals surface area contributed by atoms with Gasteiger partial charge < -0.3 is 0 Å². The van der Waals surface area contributed by atoms with Crippen molar-refractivity contribution in [2.24, 2.45) is 23.2 Å². The van der Waals surface area contributed by atoms with Crippen molar-refractivity contribution in [2.45, 2.75) is 50.3 Å². The van der Waals surface area contributed by atoms with Gasteiger partial charge in [0.1, 0.15) is 5.78 Å². The second-order valence-corrected chi connectivity index (χ2v) is 9.03. The highest BCUT2D eigenvalue weighted by Crippen LogP contribution is 2.66. The fourth-order valence-corrected chi connectivity index (χ4v) is 6.93. The largest absolute Gasteiger partial charge is 0.299 e. The highest BCUT2D eigenvalue weighted by molar-refractivity contribution is 8.03. The molecular formula is C22H26OS. The molecule has 2 heteroatoms. The summed E-state index contributed by atoms with van der Waals surface area (Å²) in [6.07, 6.45) is 8.79. The van der Waals surface area contributed by atoms with Crippen LogP contribution in [0.15, 0.2) is 58.4 Å². The van der Waals surface area contributed by atoms with Gasteiger partial charge >= 0.3 is 0 Å². The van der Waals surface area contributed by atoms with Crippen molar-refractivity contribution in [3.8, 4) is 0 Å². The molecule has 0 aliphatic heterocycles. The van der Waals surface area contributed by atoms with Crippen LogP contribution in [0, 0.1) is 23.2 Å². The second kappa shape index (κ2) is 6.22. The monoisotopic (exact) mass is 338 g/mol. The average molecular weight is 339 g/mol. The molecular weight excluding hydrogens is 312 g/mol. The molecule has 3 aliphatic carbocycles. The molecule has 0 amide bonds. The van der Waals surface area contributed by atoms with Crippen molar-refractivity contribution >= 4 is 17.5 Å². The summed E-state index contributed by atoms with van der Waals surface area (Å²) in [5.41, 5.74) is 1.41. The summed E-state index contributed by atoms with van der Waals surface area (Å²) >= 11 is 1.93. The molecule has 2 fully saturated rings. The van der Waals surface area contributed by atoms with Crippen LogP contribution in [-0.4, -0.2) is 5.78 Å². The molecule has 4 rings (SSSR count). The Hall–Kier alpha value is -1.28. The fourth-order valence-electron chi connectivity index (χ4n) is 5.71. The summed E-state index contributed by atoms with van der Waals surface area (Å²) < 4.78 is 0. The zero-order valence-electron chi connectivity index (χ0n) is 14.5. The van der Waals surface area contributed by atoms with Crippen molar-refractivity contribution in [1.29, 1.82) is 0 Å². The summed E-state index contributed by atoms with van der Waals surface area (Å²) in [4.78, 5) is 15.6. The number of carbonyl (C=O) groups is 1. The van der Waals surface area contributed by atoms with E-state index in [1.54, 1.807) is 0 Å². The molecule has 4 atom stereocenters. The second-order valence-electron chi connectivity index (χ2n) is 7.89. The molecule has 0 unspecified atom stereocenters. The van der Waals surface area contributed by atoms with Gasteiger partial charge in [0.15, 0.2) is 0 Å². The maximum atomic E-state index is 12.7. The Morgan fingerprint density at radius 2 is 2.00 bits per heavy atom.